The van der Waals surface area contributed by atoms with Crippen molar-refractivity contribution >= 4 is 0 Å². The van der Waals surface area contributed by atoms with Gasteiger partial charge in [-0.05, 0) is 24.4 Å². The molecule has 22 heavy (non-hydrogen) atoms. The number of nitrogens with zero attached hydrogens (tertiary/aromatic N) is 3. The van der Waals surface area contributed by atoms with Crippen LogP contribution in [0.5, 0.6) is 0 Å². The van der Waals surface area contributed by atoms with Gasteiger partial charge in [0.1, 0.15) is 0 Å². The van der Waals surface area contributed by atoms with Crippen molar-refractivity contribution in [3.63, 3.8) is 0 Å². The molecule has 1 aromatic heterocycles. The maximum atomic E-state index is 5.45. The van der Waals surface area contributed by atoms with Crippen LogP contribution in [-0.2, 0) is 17.7 Å². The van der Waals surface area contributed by atoms with Gasteiger partial charge < -0.3 is 9.26 Å². The zero-order valence-electron chi connectivity index (χ0n) is 13.1. The van der Waals surface area contributed by atoms with E-state index in [1.165, 1.54) is 5.56 Å². The number of hydrogen-bond acceptors (Lipinski definition) is 5. The summed E-state index contributed by atoms with van der Waals surface area (Å²) in [5, 5.41) is 4.09. The summed E-state index contributed by atoms with van der Waals surface area (Å²) in [6, 6.07) is 10.2. The molecule has 0 radical (unpaired) electrons. The Labute approximate surface area is 131 Å². The Balaban J connectivity index is 1.55. The molecule has 3 rings (SSSR count). The average molecular weight is 301 g/mol. The zero-order chi connectivity index (χ0) is 15.2. The van der Waals surface area contributed by atoms with Crippen molar-refractivity contribution in [2.24, 2.45) is 5.92 Å². The van der Waals surface area contributed by atoms with E-state index in [1.807, 2.05) is 18.2 Å². The van der Waals surface area contributed by atoms with Gasteiger partial charge in [-0.25, -0.2) is 0 Å². The van der Waals surface area contributed by atoms with Crippen LogP contribution in [0, 0.1) is 5.92 Å². The highest BCUT2D eigenvalue weighted by Gasteiger charge is 2.20. The van der Waals surface area contributed by atoms with Gasteiger partial charge in [0.25, 0.3) is 0 Å². The Kier molecular flexibility index (Phi) is 5.19. The summed E-state index contributed by atoms with van der Waals surface area (Å²) >= 11 is 0. The lowest BCUT2D eigenvalue weighted by atomic mass is 10.1. The summed E-state index contributed by atoms with van der Waals surface area (Å²) in [4.78, 5) is 6.86. The van der Waals surface area contributed by atoms with E-state index < -0.39 is 0 Å². The van der Waals surface area contributed by atoms with Crippen molar-refractivity contribution < 1.29 is 9.26 Å². The maximum Gasteiger partial charge on any atom is 0.240 e. The molecule has 1 fully saturated rings. The smallest absolute Gasteiger partial charge is 0.240 e. The van der Waals surface area contributed by atoms with Gasteiger partial charge >= 0.3 is 0 Å². The quantitative estimate of drug-likeness (QED) is 0.786. The van der Waals surface area contributed by atoms with Gasteiger partial charge in [-0.15, -0.1) is 0 Å². The van der Waals surface area contributed by atoms with Gasteiger partial charge in [0.2, 0.25) is 5.89 Å². The molecule has 2 heterocycles. The van der Waals surface area contributed by atoms with E-state index in [0.717, 1.165) is 45.1 Å². The van der Waals surface area contributed by atoms with Crippen LogP contribution in [0.4, 0.5) is 0 Å². The van der Waals surface area contributed by atoms with Gasteiger partial charge in [0.15, 0.2) is 5.82 Å². The standard InChI is InChI=1S/C17H23N3O2/c1-2-20(11-15-8-9-21-13-15)12-17-18-16(19-22-17)10-14-6-4-3-5-7-14/h3-7,15H,2,8-13H2,1H3. The lowest BCUT2D eigenvalue weighted by Crippen LogP contribution is -2.29. The fourth-order valence-electron chi connectivity index (χ4n) is 2.79. The van der Waals surface area contributed by atoms with Crippen molar-refractivity contribution in [2.45, 2.75) is 26.3 Å². The molecule has 1 unspecified atom stereocenters. The SMILES string of the molecule is CCN(Cc1nc(Cc2ccccc2)no1)CC1CCOC1. The molecule has 0 N–H and O–H groups in total. The van der Waals surface area contributed by atoms with Crippen LogP contribution in [0.2, 0.25) is 0 Å². The van der Waals surface area contributed by atoms with Gasteiger partial charge in [0.05, 0.1) is 13.2 Å². The van der Waals surface area contributed by atoms with Crippen molar-refractivity contribution in [2.75, 3.05) is 26.3 Å². The number of rotatable bonds is 7. The van der Waals surface area contributed by atoms with Crippen LogP contribution in [0.15, 0.2) is 34.9 Å². The van der Waals surface area contributed by atoms with Crippen molar-refractivity contribution in [1.29, 1.82) is 0 Å². The molecule has 1 aliphatic rings. The van der Waals surface area contributed by atoms with E-state index in [1.54, 1.807) is 0 Å². The van der Waals surface area contributed by atoms with Gasteiger partial charge in [-0.1, -0.05) is 42.4 Å². The Hall–Kier alpha value is -1.72. The monoisotopic (exact) mass is 301 g/mol. The maximum absolute atomic E-state index is 5.45. The van der Waals surface area contributed by atoms with Crippen LogP contribution in [0.25, 0.3) is 0 Å². The van der Waals surface area contributed by atoms with Crippen molar-refractivity contribution in [3.8, 4) is 0 Å². The van der Waals surface area contributed by atoms with Crippen LogP contribution < -0.4 is 0 Å². The number of hydrogen-bond donors (Lipinski definition) is 0. The molecule has 0 amide bonds. The normalized spacial score (nSPS) is 18.2. The molecule has 1 atom stereocenters. The second-order valence-corrected chi connectivity index (χ2v) is 5.82. The predicted octanol–water partition coefficient (Wildman–Crippen LogP) is 2.52. The molecule has 0 saturated carbocycles. The predicted molar refractivity (Wildman–Crippen MR) is 83.4 cm³/mol. The number of ether oxygens (including phenoxy) is 1. The van der Waals surface area contributed by atoms with E-state index in [0.29, 0.717) is 18.2 Å². The third kappa shape index (κ3) is 4.15. The van der Waals surface area contributed by atoms with E-state index >= 15 is 0 Å². The van der Waals surface area contributed by atoms with Crippen molar-refractivity contribution in [3.05, 3.63) is 47.6 Å². The summed E-state index contributed by atoms with van der Waals surface area (Å²) in [6.45, 7) is 6.66. The molecule has 5 nitrogen and oxygen atoms in total. The Morgan fingerprint density at radius 1 is 1.27 bits per heavy atom. The molecule has 118 valence electrons. The van der Waals surface area contributed by atoms with Crippen LogP contribution in [0.3, 0.4) is 0 Å². The highest BCUT2D eigenvalue weighted by molar-refractivity contribution is 5.18. The van der Waals surface area contributed by atoms with Gasteiger partial charge in [-0.2, -0.15) is 4.98 Å². The minimum absolute atomic E-state index is 0.631. The van der Waals surface area contributed by atoms with E-state index in [-0.39, 0.29) is 0 Å². The minimum Gasteiger partial charge on any atom is -0.381 e. The summed E-state index contributed by atoms with van der Waals surface area (Å²) in [7, 11) is 0. The van der Waals surface area contributed by atoms with Gasteiger partial charge in [-0.3, -0.25) is 4.90 Å². The molecular formula is C17H23N3O2. The van der Waals surface area contributed by atoms with E-state index in [4.69, 9.17) is 9.26 Å². The summed E-state index contributed by atoms with van der Waals surface area (Å²) in [5.74, 6) is 2.08. The first kappa shape index (κ1) is 15.2. The lowest BCUT2D eigenvalue weighted by molar-refractivity contribution is 0.160. The summed E-state index contributed by atoms with van der Waals surface area (Å²) in [5.41, 5.74) is 1.20. The molecule has 1 aliphatic heterocycles. The largest absolute Gasteiger partial charge is 0.381 e. The highest BCUT2D eigenvalue weighted by atomic mass is 16.5. The second-order valence-electron chi connectivity index (χ2n) is 5.82. The molecule has 0 aliphatic carbocycles. The molecule has 5 heteroatoms. The van der Waals surface area contributed by atoms with Crippen LogP contribution >= 0.6 is 0 Å². The molecule has 2 aromatic rings. The average Bonchev–Trinajstić information content (AvgIpc) is 3.20. The first-order valence-electron chi connectivity index (χ1n) is 7.99. The minimum atomic E-state index is 0.631. The fourth-order valence-corrected chi connectivity index (χ4v) is 2.79. The highest BCUT2D eigenvalue weighted by Crippen LogP contribution is 2.15. The van der Waals surface area contributed by atoms with E-state index in [2.05, 4.69) is 34.1 Å². The molecular weight excluding hydrogens is 278 g/mol. The van der Waals surface area contributed by atoms with Crippen LogP contribution in [0.1, 0.15) is 30.6 Å². The Morgan fingerprint density at radius 2 is 2.14 bits per heavy atom. The Bertz CT molecular complexity index is 564. The molecule has 0 bridgehead atoms. The van der Waals surface area contributed by atoms with Crippen molar-refractivity contribution in [1.82, 2.24) is 15.0 Å². The third-order valence-electron chi connectivity index (χ3n) is 4.06. The summed E-state index contributed by atoms with van der Waals surface area (Å²) in [6.07, 6.45) is 1.87. The fraction of sp³-hybridized carbons (Fsp3) is 0.529. The van der Waals surface area contributed by atoms with Crippen LogP contribution in [-0.4, -0.2) is 41.3 Å². The summed E-state index contributed by atoms with van der Waals surface area (Å²) < 4.78 is 10.8. The molecule has 1 saturated heterocycles. The third-order valence-corrected chi connectivity index (χ3v) is 4.06. The number of benzene rings is 1. The topological polar surface area (TPSA) is 51.4 Å². The first-order valence-corrected chi connectivity index (χ1v) is 7.99. The lowest BCUT2D eigenvalue weighted by Gasteiger charge is -2.21. The molecule has 1 aromatic carbocycles. The van der Waals surface area contributed by atoms with Gasteiger partial charge in [0, 0.05) is 19.6 Å². The zero-order valence-corrected chi connectivity index (χ0v) is 13.1. The number of aromatic nitrogens is 2. The second kappa shape index (κ2) is 7.51. The molecule has 0 spiro atoms. The first-order chi connectivity index (χ1) is 10.8. The van der Waals surface area contributed by atoms with E-state index in [9.17, 15) is 0 Å². The Morgan fingerprint density at radius 3 is 2.86 bits per heavy atom.